The van der Waals surface area contributed by atoms with Crippen molar-refractivity contribution in [3.05, 3.63) is 59.7 Å². The Morgan fingerprint density at radius 2 is 1.74 bits per heavy atom. The van der Waals surface area contributed by atoms with E-state index in [0.717, 1.165) is 27.4 Å². The summed E-state index contributed by atoms with van der Waals surface area (Å²) in [5.41, 5.74) is 2.49. The third kappa shape index (κ3) is 6.29. The van der Waals surface area contributed by atoms with Crippen molar-refractivity contribution in [2.24, 2.45) is 0 Å². The quantitative estimate of drug-likeness (QED) is 0.752. The summed E-state index contributed by atoms with van der Waals surface area (Å²) in [5, 5.41) is 2.78. The van der Waals surface area contributed by atoms with Gasteiger partial charge in [-0.2, -0.15) is 0 Å². The van der Waals surface area contributed by atoms with Crippen LogP contribution in [0, 0.1) is 13.8 Å². The standard InChI is InChI=1S/C20H26N2O4S/c1-15-9-11-18(12-10-15)22(27(4,24)25)13-20(23)21-17(3)14-26-19-8-6-5-7-16(19)2/h5-12,17H,13-14H2,1-4H3,(H,21,23). The molecule has 0 heterocycles. The van der Waals surface area contributed by atoms with Crippen LogP contribution in [0.4, 0.5) is 5.69 Å². The van der Waals surface area contributed by atoms with Crippen molar-refractivity contribution >= 4 is 21.6 Å². The van der Waals surface area contributed by atoms with Gasteiger partial charge in [0.15, 0.2) is 0 Å². The van der Waals surface area contributed by atoms with Crippen LogP contribution in [0.1, 0.15) is 18.1 Å². The molecule has 7 heteroatoms. The van der Waals surface area contributed by atoms with Gasteiger partial charge in [0, 0.05) is 0 Å². The van der Waals surface area contributed by atoms with E-state index in [9.17, 15) is 13.2 Å². The zero-order valence-corrected chi connectivity index (χ0v) is 16.9. The number of ether oxygens (including phenoxy) is 1. The molecule has 27 heavy (non-hydrogen) atoms. The Bertz CT molecular complexity index is 879. The Hall–Kier alpha value is -2.54. The number of carbonyl (C=O) groups excluding carboxylic acids is 1. The van der Waals surface area contributed by atoms with Crippen LogP contribution in [0.2, 0.25) is 0 Å². The second-order valence-electron chi connectivity index (χ2n) is 6.65. The van der Waals surface area contributed by atoms with Crippen LogP contribution in [-0.4, -0.2) is 39.8 Å². The van der Waals surface area contributed by atoms with Crippen molar-refractivity contribution in [2.45, 2.75) is 26.8 Å². The van der Waals surface area contributed by atoms with Crippen LogP contribution in [0.5, 0.6) is 5.75 Å². The summed E-state index contributed by atoms with van der Waals surface area (Å²) in [7, 11) is -3.58. The number of anilines is 1. The topological polar surface area (TPSA) is 75.7 Å². The molecule has 0 fully saturated rings. The molecule has 0 saturated carbocycles. The number of benzene rings is 2. The number of rotatable bonds is 8. The first-order valence-corrected chi connectivity index (χ1v) is 10.5. The SMILES string of the molecule is Cc1ccc(N(CC(=O)NC(C)COc2ccccc2C)S(C)(=O)=O)cc1. The maximum atomic E-state index is 12.4. The molecule has 0 aliphatic rings. The zero-order chi connectivity index (χ0) is 20.0. The van der Waals surface area contributed by atoms with Crippen LogP contribution in [0.25, 0.3) is 0 Å². The molecule has 0 bridgehead atoms. The number of aryl methyl sites for hydroxylation is 2. The van der Waals surface area contributed by atoms with Crippen molar-refractivity contribution in [3.8, 4) is 5.75 Å². The minimum atomic E-state index is -3.58. The van der Waals surface area contributed by atoms with E-state index in [0.29, 0.717) is 12.3 Å². The van der Waals surface area contributed by atoms with E-state index in [1.54, 1.807) is 12.1 Å². The van der Waals surface area contributed by atoms with Gasteiger partial charge in [-0.25, -0.2) is 8.42 Å². The van der Waals surface area contributed by atoms with E-state index >= 15 is 0 Å². The van der Waals surface area contributed by atoms with Gasteiger partial charge >= 0.3 is 0 Å². The van der Waals surface area contributed by atoms with Gasteiger partial charge in [-0.15, -0.1) is 0 Å². The first-order valence-electron chi connectivity index (χ1n) is 8.69. The fraction of sp³-hybridized carbons (Fsp3) is 0.350. The highest BCUT2D eigenvalue weighted by Gasteiger charge is 2.21. The Balaban J connectivity index is 1.97. The molecule has 1 atom stereocenters. The third-order valence-corrected chi connectivity index (χ3v) is 5.14. The van der Waals surface area contributed by atoms with Crippen molar-refractivity contribution in [2.75, 3.05) is 23.7 Å². The Kier molecular flexibility index (Phi) is 6.85. The Morgan fingerprint density at radius 1 is 1.11 bits per heavy atom. The number of hydrogen-bond acceptors (Lipinski definition) is 4. The van der Waals surface area contributed by atoms with Gasteiger partial charge in [-0.05, 0) is 44.5 Å². The largest absolute Gasteiger partial charge is 0.491 e. The molecular weight excluding hydrogens is 364 g/mol. The smallest absolute Gasteiger partial charge is 0.241 e. The second kappa shape index (κ2) is 8.90. The van der Waals surface area contributed by atoms with Gasteiger partial charge in [-0.1, -0.05) is 35.9 Å². The molecule has 2 aromatic carbocycles. The minimum absolute atomic E-state index is 0.267. The molecule has 0 radical (unpaired) electrons. The lowest BCUT2D eigenvalue weighted by atomic mass is 10.2. The van der Waals surface area contributed by atoms with Crippen molar-refractivity contribution < 1.29 is 17.9 Å². The lowest BCUT2D eigenvalue weighted by molar-refractivity contribution is -0.120. The van der Waals surface area contributed by atoms with Gasteiger partial charge in [0.2, 0.25) is 15.9 Å². The maximum Gasteiger partial charge on any atom is 0.241 e. The second-order valence-corrected chi connectivity index (χ2v) is 8.56. The van der Waals surface area contributed by atoms with E-state index < -0.39 is 10.0 Å². The summed E-state index contributed by atoms with van der Waals surface area (Å²) in [6.07, 6.45) is 1.09. The fourth-order valence-electron chi connectivity index (χ4n) is 2.54. The third-order valence-electron chi connectivity index (χ3n) is 4.00. The summed E-state index contributed by atoms with van der Waals surface area (Å²) < 4.78 is 31.0. The molecule has 2 rings (SSSR count). The van der Waals surface area contributed by atoms with Crippen molar-refractivity contribution in [3.63, 3.8) is 0 Å². The van der Waals surface area contributed by atoms with Crippen LogP contribution >= 0.6 is 0 Å². The number of para-hydroxylation sites is 1. The van der Waals surface area contributed by atoms with E-state index in [1.807, 2.05) is 57.2 Å². The van der Waals surface area contributed by atoms with Crippen LogP contribution < -0.4 is 14.4 Å². The molecule has 6 nitrogen and oxygen atoms in total. The summed E-state index contributed by atoms with van der Waals surface area (Å²) in [6.45, 7) is 5.69. The highest BCUT2D eigenvalue weighted by atomic mass is 32.2. The highest BCUT2D eigenvalue weighted by Crippen LogP contribution is 2.18. The zero-order valence-electron chi connectivity index (χ0n) is 16.1. The normalized spacial score (nSPS) is 12.3. The average Bonchev–Trinajstić information content (AvgIpc) is 2.59. The van der Waals surface area contributed by atoms with Crippen LogP contribution in [0.3, 0.4) is 0 Å². The maximum absolute atomic E-state index is 12.4. The summed E-state index contributed by atoms with van der Waals surface area (Å²) in [6, 6.07) is 14.4. The number of amides is 1. The molecule has 0 aliphatic carbocycles. The molecule has 1 N–H and O–H groups in total. The lowest BCUT2D eigenvalue weighted by Crippen LogP contribution is -2.44. The number of nitrogens with zero attached hydrogens (tertiary/aromatic N) is 1. The first kappa shape index (κ1) is 20.8. The molecular formula is C20H26N2O4S. The number of nitrogens with one attached hydrogen (secondary N) is 1. The van der Waals surface area contributed by atoms with E-state index in [-0.39, 0.29) is 18.5 Å². The first-order chi connectivity index (χ1) is 12.7. The lowest BCUT2D eigenvalue weighted by Gasteiger charge is -2.23. The van der Waals surface area contributed by atoms with Gasteiger partial charge < -0.3 is 10.1 Å². The molecule has 146 valence electrons. The number of carbonyl (C=O) groups is 1. The van der Waals surface area contributed by atoms with Crippen molar-refractivity contribution in [1.82, 2.24) is 5.32 Å². The van der Waals surface area contributed by atoms with Gasteiger partial charge in [0.1, 0.15) is 18.9 Å². The summed E-state index contributed by atoms with van der Waals surface area (Å²) >= 11 is 0. The molecule has 1 amide bonds. The molecule has 1 unspecified atom stereocenters. The van der Waals surface area contributed by atoms with Gasteiger partial charge in [0.05, 0.1) is 18.0 Å². The number of hydrogen-bond donors (Lipinski definition) is 1. The summed E-state index contributed by atoms with van der Waals surface area (Å²) in [4.78, 5) is 12.4. The molecule has 0 aliphatic heterocycles. The van der Waals surface area contributed by atoms with Crippen LogP contribution in [0.15, 0.2) is 48.5 Å². The minimum Gasteiger partial charge on any atom is -0.491 e. The fourth-order valence-corrected chi connectivity index (χ4v) is 3.39. The predicted octanol–water partition coefficient (Wildman–Crippen LogP) is 2.65. The summed E-state index contributed by atoms with van der Waals surface area (Å²) in [5.74, 6) is 0.373. The van der Waals surface area contributed by atoms with Crippen LogP contribution in [-0.2, 0) is 14.8 Å². The van der Waals surface area contributed by atoms with E-state index in [4.69, 9.17) is 4.74 Å². The van der Waals surface area contributed by atoms with Crippen molar-refractivity contribution in [1.29, 1.82) is 0 Å². The molecule has 0 spiro atoms. The van der Waals surface area contributed by atoms with E-state index in [1.165, 1.54) is 0 Å². The van der Waals surface area contributed by atoms with Gasteiger partial charge in [-0.3, -0.25) is 9.10 Å². The Labute approximate surface area is 161 Å². The average molecular weight is 391 g/mol. The van der Waals surface area contributed by atoms with Gasteiger partial charge in [0.25, 0.3) is 0 Å². The molecule has 0 saturated heterocycles. The van der Waals surface area contributed by atoms with E-state index in [2.05, 4.69) is 5.32 Å². The highest BCUT2D eigenvalue weighted by molar-refractivity contribution is 7.92. The predicted molar refractivity (Wildman–Crippen MR) is 108 cm³/mol. The molecule has 0 aromatic heterocycles. The number of sulfonamides is 1. The molecule has 2 aromatic rings. The Morgan fingerprint density at radius 3 is 2.33 bits per heavy atom. The monoisotopic (exact) mass is 390 g/mol.